The molecule has 0 aliphatic heterocycles. The molecule has 0 aromatic heterocycles. The molecule has 0 saturated heterocycles. The molecular formula is C12H16BrFN2O3S. The quantitative estimate of drug-likeness (QED) is 0.803. The summed E-state index contributed by atoms with van der Waals surface area (Å²) in [6.45, 7) is 3.93. The van der Waals surface area contributed by atoms with Gasteiger partial charge in [-0.2, -0.15) is 0 Å². The van der Waals surface area contributed by atoms with Crippen LogP contribution >= 0.6 is 15.9 Å². The van der Waals surface area contributed by atoms with Crippen molar-refractivity contribution in [3.8, 4) is 0 Å². The summed E-state index contributed by atoms with van der Waals surface area (Å²) in [5.41, 5.74) is 0. The zero-order valence-electron chi connectivity index (χ0n) is 11.1. The van der Waals surface area contributed by atoms with E-state index in [1.54, 1.807) is 0 Å². The number of hydrogen-bond donors (Lipinski definition) is 2. The van der Waals surface area contributed by atoms with Gasteiger partial charge in [0.25, 0.3) is 0 Å². The number of halogens is 2. The van der Waals surface area contributed by atoms with E-state index in [1.165, 1.54) is 12.1 Å². The van der Waals surface area contributed by atoms with E-state index < -0.39 is 21.7 Å². The van der Waals surface area contributed by atoms with Crippen molar-refractivity contribution < 1.29 is 17.6 Å². The molecule has 0 spiro atoms. The minimum Gasteiger partial charge on any atom is -0.355 e. The van der Waals surface area contributed by atoms with Crippen LogP contribution in [-0.2, 0) is 14.8 Å². The second-order valence-electron chi connectivity index (χ2n) is 4.60. The molecule has 1 aromatic rings. The molecule has 0 bridgehead atoms. The van der Waals surface area contributed by atoms with Gasteiger partial charge in [0.15, 0.2) is 0 Å². The number of benzene rings is 1. The van der Waals surface area contributed by atoms with Crippen LogP contribution in [0, 0.1) is 11.7 Å². The molecule has 112 valence electrons. The van der Waals surface area contributed by atoms with Gasteiger partial charge in [-0.15, -0.1) is 0 Å². The van der Waals surface area contributed by atoms with Crippen LogP contribution in [-0.4, -0.2) is 27.4 Å². The van der Waals surface area contributed by atoms with Crippen LogP contribution in [0.2, 0.25) is 0 Å². The first-order valence-corrected chi connectivity index (χ1v) is 8.21. The summed E-state index contributed by atoms with van der Waals surface area (Å²) in [6, 6.07) is 3.43. The molecule has 1 amide bonds. The molecule has 1 aromatic carbocycles. The number of hydrogen-bond acceptors (Lipinski definition) is 3. The second-order valence-corrected chi connectivity index (χ2v) is 7.22. The van der Waals surface area contributed by atoms with E-state index in [2.05, 4.69) is 26.0 Å². The number of amides is 1. The van der Waals surface area contributed by atoms with Crippen LogP contribution in [0.1, 0.15) is 13.8 Å². The van der Waals surface area contributed by atoms with Gasteiger partial charge < -0.3 is 5.32 Å². The molecule has 0 unspecified atom stereocenters. The van der Waals surface area contributed by atoms with E-state index in [4.69, 9.17) is 0 Å². The van der Waals surface area contributed by atoms with Crippen molar-refractivity contribution in [1.82, 2.24) is 10.0 Å². The Balaban J connectivity index is 2.66. The fourth-order valence-electron chi connectivity index (χ4n) is 1.27. The highest BCUT2D eigenvalue weighted by Gasteiger charge is 2.17. The highest BCUT2D eigenvalue weighted by Crippen LogP contribution is 2.19. The Bertz CT molecular complexity index is 590. The molecule has 2 N–H and O–H groups in total. The van der Waals surface area contributed by atoms with Crippen molar-refractivity contribution in [2.24, 2.45) is 5.92 Å². The maximum absolute atomic E-state index is 13.3. The van der Waals surface area contributed by atoms with Crippen LogP contribution in [0.3, 0.4) is 0 Å². The minimum absolute atomic E-state index is 0.172. The van der Waals surface area contributed by atoms with Gasteiger partial charge in [0.1, 0.15) is 5.82 Å². The summed E-state index contributed by atoms with van der Waals surface area (Å²) in [4.78, 5) is 11.2. The number of carbonyl (C=O) groups is 1. The summed E-state index contributed by atoms with van der Waals surface area (Å²) < 4.78 is 39.3. The SMILES string of the molecule is CC(C)CNC(=O)CNS(=O)(=O)c1ccc(Br)c(F)c1. The van der Waals surface area contributed by atoms with Crippen molar-refractivity contribution in [2.75, 3.05) is 13.1 Å². The van der Waals surface area contributed by atoms with E-state index >= 15 is 0 Å². The topological polar surface area (TPSA) is 75.3 Å². The van der Waals surface area contributed by atoms with Gasteiger partial charge in [-0.1, -0.05) is 13.8 Å². The van der Waals surface area contributed by atoms with Gasteiger partial charge in [-0.05, 0) is 40.0 Å². The summed E-state index contributed by atoms with van der Waals surface area (Å²) in [5.74, 6) is -0.840. The lowest BCUT2D eigenvalue weighted by Gasteiger charge is -2.09. The van der Waals surface area contributed by atoms with Gasteiger partial charge in [-0.3, -0.25) is 4.79 Å². The standard InChI is InChI=1S/C12H16BrFN2O3S/c1-8(2)6-15-12(17)7-16-20(18,19)9-3-4-10(13)11(14)5-9/h3-5,8,16H,6-7H2,1-2H3,(H,15,17). The zero-order valence-corrected chi connectivity index (χ0v) is 13.5. The van der Waals surface area contributed by atoms with E-state index in [-0.39, 0.29) is 21.8 Å². The summed E-state index contributed by atoms with van der Waals surface area (Å²) in [6.07, 6.45) is 0. The Morgan fingerprint density at radius 1 is 1.40 bits per heavy atom. The van der Waals surface area contributed by atoms with Gasteiger partial charge in [-0.25, -0.2) is 17.5 Å². The highest BCUT2D eigenvalue weighted by atomic mass is 79.9. The van der Waals surface area contributed by atoms with E-state index in [0.717, 1.165) is 6.07 Å². The molecule has 0 fully saturated rings. The van der Waals surface area contributed by atoms with Crippen LogP contribution < -0.4 is 10.0 Å². The largest absolute Gasteiger partial charge is 0.355 e. The molecule has 0 radical (unpaired) electrons. The Morgan fingerprint density at radius 2 is 2.05 bits per heavy atom. The average Bonchev–Trinajstić information content (AvgIpc) is 2.37. The van der Waals surface area contributed by atoms with Crippen molar-refractivity contribution in [3.63, 3.8) is 0 Å². The molecule has 0 aliphatic carbocycles. The monoisotopic (exact) mass is 366 g/mol. The molecule has 0 saturated carbocycles. The third-order valence-electron chi connectivity index (χ3n) is 2.33. The normalized spacial score (nSPS) is 11.7. The first-order valence-electron chi connectivity index (χ1n) is 5.94. The van der Waals surface area contributed by atoms with Crippen LogP contribution in [0.25, 0.3) is 0 Å². The van der Waals surface area contributed by atoms with E-state index in [0.29, 0.717) is 6.54 Å². The second kappa shape index (κ2) is 7.14. The summed E-state index contributed by atoms with van der Waals surface area (Å²) in [5, 5.41) is 2.58. The summed E-state index contributed by atoms with van der Waals surface area (Å²) >= 11 is 2.94. The maximum atomic E-state index is 13.3. The lowest BCUT2D eigenvalue weighted by molar-refractivity contribution is -0.120. The van der Waals surface area contributed by atoms with Gasteiger partial charge >= 0.3 is 0 Å². The molecule has 0 heterocycles. The van der Waals surface area contributed by atoms with E-state index in [9.17, 15) is 17.6 Å². The third-order valence-corrected chi connectivity index (χ3v) is 4.37. The van der Waals surface area contributed by atoms with Gasteiger partial charge in [0.2, 0.25) is 15.9 Å². The van der Waals surface area contributed by atoms with Crippen molar-refractivity contribution >= 4 is 31.9 Å². The molecule has 5 nitrogen and oxygen atoms in total. The van der Waals surface area contributed by atoms with Crippen LogP contribution in [0.15, 0.2) is 27.6 Å². The number of nitrogens with one attached hydrogen (secondary N) is 2. The number of carbonyl (C=O) groups excluding carboxylic acids is 1. The first-order chi connectivity index (χ1) is 9.22. The first kappa shape index (κ1) is 17.1. The van der Waals surface area contributed by atoms with Crippen molar-refractivity contribution in [3.05, 3.63) is 28.5 Å². The Kier molecular flexibility index (Phi) is 6.09. The van der Waals surface area contributed by atoms with Crippen molar-refractivity contribution in [1.29, 1.82) is 0 Å². The molecule has 0 aliphatic rings. The summed E-state index contributed by atoms with van der Waals surface area (Å²) in [7, 11) is -3.90. The maximum Gasteiger partial charge on any atom is 0.241 e. The van der Waals surface area contributed by atoms with Crippen LogP contribution in [0.5, 0.6) is 0 Å². The number of sulfonamides is 1. The molecule has 20 heavy (non-hydrogen) atoms. The van der Waals surface area contributed by atoms with Gasteiger partial charge in [0, 0.05) is 6.54 Å². The third kappa shape index (κ3) is 5.18. The molecule has 0 atom stereocenters. The Hall–Kier alpha value is -0.990. The highest BCUT2D eigenvalue weighted by molar-refractivity contribution is 9.10. The zero-order chi connectivity index (χ0) is 15.3. The fourth-order valence-corrected chi connectivity index (χ4v) is 2.51. The Labute approximate surface area is 126 Å². The number of rotatable bonds is 6. The van der Waals surface area contributed by atoms with E-state index in [1.807, 2.05) is 13.8 Å². The minimum atomic E-state index is -3.90. The predicted molar refractivity (Wildman–Crippen MR) is 77.1 cm³/mol. The van der Waals surface area contributed by atoms with Crippen molar-refractivity contribution in [2.45, 2.75) is 18.7 Å². The van der Waals surface area contributed by atoms with Gasteiger partial charge in [0.05, 0.1) is 15.9 Å². The lowest BCUT2D eigenvalue weighted by Crippen LogP contribution is -2.38. The molecule has 1 rings (SSSR count). The Morgan fingerprint density at radius 3 is 2.60 bits per heavy atom. The van der Waals surface area contributed by atoms with Crippen LogP contribution in [0.4, 0.5) is 4.39 Å². The fraction of sp³-hybridized carbons (Fsp3) is 0.417. The molecular weight excluding hydrogens is 351 g/mol. The smallest absolute Gasteiger partial charge is 0.241 e. The predicted octanol–water partition coefficient (Wildman–Crippen LogP) is 1.64. The molecule has 8 heteroatoms. The lowest BCUT2D eigenvalue weighted by atomic mass is 10.2. The average molecular weight is 367 g/mol.